The van der Waals surface area contributed by atoms with Crippen LogP contribution in [0, 0.1) is 0 Å². The van der Waals surface area contributed by atoms with Crippen molar-refractivity contribution in [3.8, 4) is 0 Å². The lowest BCUT2D eigenvalue weighted by atomic mass is 10.4. The van der Waals surface area contributed by atoms with Gasteiger partial charge in [-0.1, -0.05) is 0 Å². The van der Waals surface area contributed by atoms with Gasteiger partial charge in [-0.3, -0.25) is 0 Å². The summed E-state index contributed by atoms with van der Waals surface area (Å²) in [4.78, 5) is 15.9. The Kier molecular flexibility index (Phi) is 1.89. The van der Waals surface area contributed by atoms with Crippen molar-refractivity contribution in [3.63, 3.8) is 0 Å². The molecule has 0 saturated carbocycles. The predicted molar refractivity (Wildman–Crippen MR) is 36.9 cm³/mol. The number of nitrogens with zero attached hydrogens (tertiary/aromatic N) is 2. The van der Waals surface area contributed by atoms with Crippen LogP contribution in [0.3, 0.4) is 0 Å². The molecule has 1 aliphatic heterocycles. The summed E-state index contributed by atoms with van der Waals surface area (Å²) in [5, 5.41) is 0. The third kappa shape index (κ3) is 1.26. The van der Waals surface area contributed by atoms with Gasteiger partial charge < -0.3 is 14.4 Å². The fraction of sp³-hybridized carbons (Fsp3) is 0.667. The number of carbonyl (C=O) groups excluding carboxylic acids is 1. The first-order valence-corrected chi connectivity index (χ1v) is 3.07. The van der Waals surface area contributed by atoms with Crippen LogP contribution < -0.4 is 0 Å². The van der Waals surface area contributed by atoms with Crippen LogP contribution in [-0.4, -0.2) is 44.0 Å². The molecule has 0 aromatic rings. The normalized spacial score (nSPS) is 23.4. The molecule has 4 nitrogen and oxygen atoms in total. The summed E-state index contributed by atoms with van der Waals surface area (Å²) in [6.45, 7) is 0.386. The van der Waals surface area contributed by atoms with Crippen LogP contribution in [0.1, 0.15) is 0 Å². The minimum absolute atomic E-state index is 0.294. The summed E-state index contributed by atoms with van der Waals surface area (Å²) >= 11 is 0. The molecule has 10 heavy (non-hydrogen) atoms. The fourth-order valence-corrected chi connectivity index (χ4v) is 0.691. The Bertz CT molecular complexity index is 165. The molecule has 1 unspecified atom stereocenters. The Morgan fingerprint density at radius 2 is 2.50 bits per heavy atom. The molecule has 1 aliphatic rings. The van der Waals surface area contributed by atoms with Crippen LogP contribution in [0.4, 0.5) is 0 Å². The van der Waals surface area contributed by atoms with Gasteiger partial charge in [0.05, 0.1) is 0 Å². The molecule has 1 heterocycles. The highest BCUT2D eigenvalue weighted by atomic mass is 16.5. The van der Waals surface area contributed by atoms with Gasteiger partial charge >= 0.3 is 0 Å². The summed E-state index contributed by atoms with van der Waals surface area (Å²) < 4.78 is 5.06. The first-order chi connectivity index (χ1) is 4.74. The molecule has 1 rings (SSSR count). The molecule has 0 bridgehead atoms. The van der Waals surface area contributed by atoms with Crippen LogP contribution in [0.2, 0.25) is 0 Å². The number of hydrogen-bond donors (Lipinski definition) is 0. The van der Waals surface area contributed by atoms with E-state index in [9.17, 15) is 4.79 Å². The largest absolute Gasteiger partial charge is 0.462 e. The number of aliphatic imine (C=N–C) groups is 1. The molecule has 0 amide bonds. The minimum atomic E-state index is -0.294. The van der Waals surface area contributed by atoms with Gasteiger partial charge in [0.1, 0.15) is 18.9 Å². The molecular weight excluding hydrogens is 132 g/mol. The van der Waals surface area contributed by atoms with Gasteiger partial charge in [-0.15, -0.1) is 0 Å². The smallest absolute Gasteiger partial charge is 0.287 e. The first-order valence-electron chi connectivity index (χ1n) is 3.07. The average molecular weight is 142 g/mol. The number of carbonyl (C=O) groups is 1. The lowest BCUT2D eigenvalue weighted by molar-refractivity contribution is -0.109. The molecule has 0 saturated heterocycles. The highest BCUT2D eigenvalue weighted by Gasteiger charge is 2.18. The Morgan fingerprint density at radius 1 is 1.80 bits per heavy atom. The Labute approximate surface area is 59.5 Å². The lowest BCUT2D eigenvalue weighted by Crippen LogP contribution is -2.21. The van der Waals surface area contributed by atoms with E-state index in [1.54, 1.807) is 4.90 Å². The number of amidine groups is 1. The number of rotatable bonds is 1. The standard InChI is InChI=1S/C6H10N2O2/c1-8(2)6-7-5(3-9)4-10-6/h3,5H,4H2,1-2H3. The number of ether oxygens (including phenoxy) is 1. The third-order valence-electron chi connectivity index (χ3n) is 1.20. The molecule has 0 fully saturated rings. The molecule has 4 heteroatoms. The zero-order chi connectivity index (χ0) is 7.56. The second-order valence-electron chi connectivity index (χ2n) is 2.32. The van der Waals surface area contributed by atoms with Crippen molar-refractivity contribution < 1.29 is 9.53 Å². The van der Waals surface area contributed by atoms with Gasteiger partial charge in [-0.2, -0.15) is 0 Å². The van der Waals surface area contributed by atoms with Gasteiger partial charge in [0.2, 0.25) is 0 Å². The zero-order valence-electron chi connectivity index (χ0n) is 6.07. The van der Waals surface area contributed by atoms with E-state index in [0.29, 0.717) is 12.6 Å². The molecule has 0 aromatic heterocycles. The predicted octanol–water partition coefficient (Wildman–Crippen LogP) is -0.498. The van der Waals surface area contributed by atoms with E-state index in [1.807, 2.05) is 14.1 Å². The van der Waals surface area contributed by atoms with Gasteiger partial charge in [0, 0.05) is 14.1 Å². The molecule has 0 spiro atoms. The number of hydrogen-bond acceptors (Lipinski definition) is 4. The topological polar surface area (TPSA) is 41.9 Å². The van der Waals surface area contributed by atoms with Crippen molar-refractivity contribution in [2.45, 2.75) is 6.04 Å². The fourth-order valence-electron chi connectivity index (χ4n) is 0.691. The van der Waals surface area contributed by atoms with Gasteiger partial charge in [0.25, 0.3) is 6.02 Å². The van der Waals surface area contributed by atoms with Crippen LogP contribution >= 0.6 is 0 Å². The quantitative estimate of drug-likeness (QED) is 0.463. The maximum atomic E-state index is 10.2. The van der Waals surface area contributed by atoms with Crippen LogP contribution in [0.25, 0.3) is 0 Å². The second-order valence-corrected chi connectivity index (χ2v) is 2.32. The van der Waals surface area contributed by atoms with Crippen LogP contribution in [0.15, 0.2) is 4.99 Å². The Morgan fingerprint density at radius 3 is 2.80 bits per heavy atom. The molecule has 0 radical (unpaired) electrons. The van der Waals surface area contributed by atoms with Crippen molar-refractivity contribution in [3.05, 3.63) is 0 Å². The monoisotopic (exact) mass is 142 g/mol. The molecule has 56 valence electrons. The van der Waals surface area contributed by atoms with Crippen LogP contribution in [-0.2, 0) is 9.53 Å². The van der Waals surface area contributed by atoms with Crippen molar-refractivity contribution >= 4 is 12.3 Å². The molecule has 0 aromatic carbocycles. The molecular formula is C6H10N2O2. The summed E-state index contributed by atoms with van der Waals surface area (Å²) in [5.41, 5.74) is 0. The van der Waals surface area contributed by atoms with E-state index in [-0.39, 0.29) is 6.04 Å². The number of aldehydes is 1. The van der Waals surface area contributed by atoms with E-state index in [1.165, 1.54) is 0 Å². The second kappa shape index (κ2) is 2.68. The van der Waals surface area contributed by atoms with E-state index >= 15 is 0 Å². The van der Waals surface area contributed by atoms with Crippen molar-refractivity contribution in [1.82, 2.24) is 4.90 Å². The van der Waals surface area contributed by atoms with Gasteiger partial charge in [-0.05, 0) is 0 Å². The van der Waals surface area contributed by atoms with Crippen molar-refractivity contribution in [2.75, 3.05) is 20.7 Å². The maximum absolute atomic E-state index is 10.2. The maximum Gasteiger partial charge on any atom is 0.287 e. The molecule has 1 atom stereocenters. The first kappa shape index (κ1) is 7.05. The summed E-state index contributed by atoms with van der Waals surface area (Å²) in [6.07, 6.45) is 0.788. The highest BCUT2D eigenvalue weighted by molar-refractivity contribution is 5.78. The average Bonchev–Trinajstić information content (AvgIpc) is 2.34. The minimum Gasteiger partial charge on any atom is -0.462 e. The van der Waals surface area contributed by atoms with E-state index < -0.39 is 0 Å². The Balaban J connectivity index is 2.56. The van der Waals surface area contributed by atoms with E-state index in [4.69, 9.17) is 4.74 Å². The van der Waals surface area contributed by atoms with E-state index in [0.717, 1.165) is 6.29 Å². The van der Waals surface area contributed by atoms with Crippen molar-refractivity contribution in [1.29, 1.82) is 0 Å². The summed E-state index contributed by atoms with van der Waals surface area (Å²) in [6, 6.07) is 0.245. The summed E-state index contributed by atoms with van der Waals surface area (Å²) in [7, 11) is 3.65. The third-order valence-corrected chi connectivity index (χ3v) is 1.20. The highest BCUT2D eigenvalue weighted by Crippen LogP contribution is 2.02. The van der Waals surface area contributed by atoms with Gasteiger partial charge in [-0.25, -0.2) is 4.99 Å². The van der Waals surface area contributed by atoms with E-state index in [2.05, 4.69) is 4.99 Å². The molecule has 0 aliphatic carbocycles. The van der Waals surface area contributed by atoms with Crippen molar-refractivity contribution in [2.24, 2.45) is 4.99 Å². The Hall–Kier alpha value is -1.06. The lowest BCUT2D eigenvalue weighted by Gasteiger charge is -2.09. The van der Waals surface area contributed by atoms with Crippen LogP contribution in [0.5, 0.6) is 0 Å². The summed E-state index contributed by atoms with van der Waals surface area (Å²) in [5.74, 6) is 0. The zero-order valence-corrected chi connectivity index (χ0v) is 6.07. The SMILES string of the molecule is CN(C)C1=NC(C=O)CO1. The van der Waals surface area contributed by atoms with Gasteiger partial charge in [0.15, 0.2) is 0 Å². The molecule has 0 N–H and O–H groups in total.